The molecule has 1 aromatic carbocycles. The van der Waals surface area contributed by atoms with Gasteiger partial charge in [-0.3, -0.25) is 4.79 Å². The maximum Gasteiger partial charge on any atom is 0.242 e. The summed E-state index contributed by atoms with van der Waals surface area (Å²) in [4.78, 5) is 12.3. The van der Waals surface area contributed by atoms with Gasteiger partial charge in [0.05, 0.1) is 0 Å². The molecule has 1 atom stereocenters. The van der Waals surface area contributed by atoms with Crippen LogP contribution >= 0.6 is 0 Å². The van der Waals surface area contributed by atoms with Crippen LogP contribution in [0.25, 0.3) is 0 Å². The Bertz CT molecular complexity index is 630. The highest BCUT2D eigenvalue weighted by molar-refractivity contribution is 5.80. The molecule has 22 heavy (non-hydrogen) atoms. The fourth-order valence-electron chi connectivity index (χ4n) is 3.12. The molecule has 116 valence electrons. The van der Waals surface area contributed by atoms with Crippen molar-refractivity contribution in [2.45, 2.75) is 37.6 Å². The van der Waals surface area contributed by atoms with Crippen molar-refractivity contribution in [3.63, 3.8) is 0 Å². The zero-order chi connectivity index (χ0) is 15.6. The first-order valence-electron chi connectivity index (χ1n) is 7.77. The molecule has 1 aliphatic rings. The molecular weight excluding hydrogens is 279 g/mol. The number of rotatable bonds is 5. The number of nitrogens with zero attached hydrogens (tertiary/aromatic N) is 1. The van der Waals surface area contributed by atoms with Crippen molar-refractivity contribution in [3.8, 4) is 0 Å². The molecule has 3 nitrogen and oxygen atoms in total. The van der Waals surface area contributed by atoms with Crippen LogP contribution in [0.4, 0.5) is 4.39 Å². The van der Waals surface area contributed by atoms with Gasteiger partial charge >= 0.3 is 0 Å². The number of hydrogen-bond donors (Lipinski definition) is 1. The van der Waals surface area contributed by atoms with Crippen LogP contribution in [-0.2, 0) is 10.2 Å². The molecule has 0 saturated heterocycles. The van der Waals surface area contributed by atoms with Gasteiger partial charge in [-0.15, -0.1) is 0 Å². The van der Waals surface area contributed by atoms with E-state index in [-0.39, 0.29) is 23.2 Å². The summed E-state index contributed by atoms with van der Waals surface area (Å²) < 4.78 is 15.0. The van der Waals surface area contributed by atoms with Gasteiger partial charge in [-0.1, -0.05) is 18.6 Å². The van der Waals surface area contributed by atoms with E-state index in [9.17, 15) is 9.18 Å². The number of carbonyl (C=O) groups excluding carboxylic acids is 1. The third-order valence-corrected chi connectivity index (χ3v) is 4.82. The van der Waals surface area contributed by atoms with Gasteiger partial charge in [-0.05, 0) is 49.6 Å². The second kappa shape index (κ2) is 5.95. The Morgan fingerprint density at radius 1 is 1.27 bits per heavy atom. The molecule has 1 saturated carbocycles. The highest BCUT2D eigenvalue weighted by Gasteiger charge is 2.39. The van der Waals surface area contributed by atoms with Crippen LogP contribution in [0, 0.1) is 5.82 Å². The molecule has 3 rings (SSSR count). The number of amides is 1. The zero-order valence-corrected chi connectivity index (χ0v) is 12.8. The molecule has 1 amide bonds. The van der Waals surface area contributed by atoms with Crippen LogP contribution in [0.1, 0.15) is 37.8 Å². The van der Waals surface area contributed by atoms with Crippen molar-refractivity contribution in [1.82, 2.24) is 9.88 Å². The highest BCUT2D eigenvalue weighted by Crippen LogP contribution is 2.43. The van der Waals surface area contributed by atoms with Crippen LogP contribution < -0.4 is 5.32 Å². The second-order valence-electron chi connectivity index (χ2n) is 6.16. The summed E-state index contributed by atoms with van der Waals surface area (Å²) in [6.45, 7) is 2.50. The van der Waals surface area contributed by atoms with E-state index in [1.54, 1.807) is 0 Å². The molecule has 0 aliphatic heterocycles. The minimum absolute atomic E-state index is 0.0181. The number of carbonyl (C=O) groups is 1. The number of aromatic nitrogens is 1. The topological polar surface area (TPSA) is 34.0 Å². The van der Waals surface area contributed by atoms with E-state index in [2.05, 4.69) is 5.32 Å². The molecule has 1 fully saturated rings. The predicted octanol–water partition coefficient (Wildman–Crippen LogP) is 3.43. The summed E-state index contributed by atoms with van der Waals surface area (Å²) in [6.07, 6.45) is 7.01. The quantitative estimate of drug-likeness (QED) is 0.902. The van der Waals surface area contributed by atoms with Gasteiger partial charge in [-0.2, -0.15) is 0 Å². The molecular formula is C18H21FN2O. The summed E-state index contributed by atoms with van der Waals surface area (Å²) in [5.41, 5.74) is 1.09. The Labute approximate surface area is 130 Å². The fourth-order valence-corrected chi connectivity index (χ4v) is 3.12. The van der Waals surface area contributed by atoms with Gasteiger partial charge in [0.15, 0.2) is 0 Å². The zero-order valence-electron chi connectivity index (χ0n) is 12.8. The van der Waals surface area contributed by atoms with Crippen LogP contribution in [0.15, 0.2) is 48.8 Å². The van der Waals surface area contributed by atoms with E-state index in [0.717, 1.165) is 24.8 Å². The molecule has 1 unspecified atom stereocenters. The van der Waals surface area contributed by atoms with Crippen molar-refractivity contribution < 1.29 is 9.18 Å². The van der Waals surface area contributed by atoms with Gasteiger partial charge < -0.3 is 9.88 Å². The maximum absolute atomic E-state index is 13.1. The van der Waals surface area contributed by atoms with Gasteiger partial charge in [-0.25, -0.2) is 4.39 Å². The number of hydrogen-bond acceptors (Lipinski definition) is 1. The third kappa shape index (κ3) is 2.78. The molecule has 0 bridgehead atoms. The van der Waals surface area contributed by atoms with Crippen molar-refractivity contribution >= 4 is 5.91 Å². The molecule has 1 N–H and O–H groups in total. The van der Waals surface area contributed by atoms with Gasteiger partial charge in [0.25, 0.3) is 0 Å². The normalized spacial score (nSPS) is 17.5. The highest BCUT2D eigenvalue weighted by atomic mass is 19.1. The van der Waals surface area contributed by atoms with E-state index < -0.39 is 0 Å². The summed E-state index contributed by atoms with van der Waals surface area (Å²) >= 11 is 0. The first kappa shape index (κ1) is 14.8. The fraction of sp³-hybridized carbons (Fsp3) is 0.389. The number of nitrogens with one attached hydrogen (secondary N) is 1. The van der Waals surface area contributed by atoms with Gasteiger partial charge in [0.1, 0.15) is 11.9 Å². The molecule has 2 aromatic rings. The Kier molecular flexibility index (Phi) is 4.01. The lowest BCUT2D eigenvalue weighted by molar-refractivity contribution is -0.124. The van der Waals surface area contributed by atoms with Crippen LogP contribution in [0.5, 0.6) is 0 Å². The SMILES string of the molecule is CC(C(=O)NCC1(c2ccc(F)cc2)CCC1)n1cccc1. The minimum Gasteiger partial charge on any atom is -0.353 e. The molecule has 1 aromatic heterocycles. The molecule has 0 spiro atoms. The summed E-state index contributed by atoms with van der Waals surface area (Å²) in [7, 11) is 0. The van der Waals surface area contributed by atoms with Crippen molar-refractivity contribution in [1.29, 1.82) is 0 Å². The van der Waals surface area contributed by atoms with E-state index in [1.165, 1.54) is 12.1 Å². The average molecular weight is 300 g/mol. The lowest BCUT2D eigenvalue weighted by atomic mass is 9.64. The largest absolute Gasteiger partial charge is 0.353 e. The Morgan fingerprint density at radius 2 is 1.91 bits per heavy atom. The lowest BCUT2D eigenvalue weighted by Crippen LogP contribution is -2.46. The van der Waals surface area contributed by atoms with Crippen LogP contribution in [-0.4, -0.2) is 17.0 Å². The molecule has 1 heterocycles. The number of benzene rings is 1. The Balaban J connectivity index is 1.66. The summed E-state index contributed by atoms with van der Waals surface area (Å²) in [5.74, 6) is -0.201. The molecule has 4 heteroatoms. The average Bonchev–Trinajstić information content (AvgIpc) is 3.01. The predicted molar refractivity (Wildman–Crippen MR) is 84.1 cm³/mol. The molecule has 0 radical (unpaired) electrons. The summed E-state index contributed by atoms with van der Waals surface area (Å²) in [5, 5.41) is 3.07. The van der Waals surface area contributed by atoms with E-state index >= 15 is 0 Å². The standard InChI is InChI=1S/C18H21FN2O/c1-14(21-11-2-3-12-21)17(22)20-13-18(9-4-10-18)15-5-7-16(19)8-6-15/h2-3,5-8,11-12,14H,4,9-10,13H2,1H3,(H,20,22). The van der Waals surface area contributed by atoms with Crippen molar-refractivity contribution in [2.24, 2.45) is 0 Å². The first-order valence-corrected chi connectivity index (χ1v) is 7.77. The van der Waals surface area contributed by atoms with E-state index in [4.69, 9.17) is 0 Å². The van der Waals surface area contributed by atoms with Crippen LogP contribution in [0.2, 0.25) is 0 Å². The van der Waals surface area contributed by atoms with Crippen molar-refractivity contribution in [3.05, 3.63) is 60.2 Å². The van der Waals surface area contributed by atoms with Crippen LogP contribution in [0.3, 0.4) is 0 Å². The lowest BCUT2D eigenvalue weighted by Gasteiger charge is -2.42. The maximum atomic E-state index is 13.1. The first-order chi connectivity index (χ1) is 10.6. The third-order valence-electron chi connectivity index (χ3n) is 4.82. The molecule has 1 aliphatic carbocycles. The minimum atomic E-state index is -0.222. The Morgan fingerprint density at radius 3 is 2.45 bits per heavy atom. The second-order valence-corrected chi connectivity index (χ2v) is 6.16. The number of halogens is 1. The van der Waals surface area contributed by atoms with E-state index in [0.29, 0.717) is 6.54 Å². The van der Waals surface area contributed by atoms with Crippen molar-refractivity contribution in [2.75, 3.05) is 6.54 Å². The van der Waals surface area contributed by atoms with E-state index in [1.807, 2.05) is 48.1 Å². The van der Waals surface area contributed by atoms with Gasteiger partial charge in [0, 0.05) is 24.4 Å². The summed E-state index contributed by atoms with van der Waals surface area (Å²) in [6, 6.07) is 10.3. The monoisotopic (exact) mass is 300 g/mol. The Hall–Kier alpha value is -2.10. The van der Waals surface area contributed by atoms with Gasteiger partial charge in [0.2, 0.25) is 5.91 Å². The smallest absolute Gasteiger partial charge is 0.242 e.